The summed E-state index contributed by atoms with van der Waals surface area (Å²) in [6.45, 7) is 6.44. The Morgan fingerprint density at radius 3 is 1.05 bits per heavy atom. The summed E-state index contributed by atoms with van der Waals surface area (Å²) in [5, 5.41) is 32.2. The lowest BCUT2D eigenvalue weighted by Crippen LogP contribution is -2.52. The molecule has 0 spiro atoms. The average molecular weight is 1990 g/mol. The van der Waals surface area contributed by atoms with Crippen LogP contribution in [0.5, 0.6) is 23.0 Å². The number of rotatable bonds is 21. The summed E-state index contributed by atoms with van der Waals surface area (Å²) in [6, 6.07) is 56.8. The van der Waals surface area contributed by atoms with E-state index in [1.165, 1.54) is 61.7 Å². The average Bonchev–Trinajstić information content (AvgIpc) is 1.60. The van der Waals surface area contributed by atoms with Gasteiger partial charge in [-0.05, 0) is 160 Å². The number of H-pyrrole nitrogens is 1. The van der Waals surface area contributed by atoms with Gasteiger partial charge in [-0.2, -0.15) is 36.5 Å². The number of urea groups is 4. The van der Waals surface area contributed by atoms with E-state index in [1.807, 2.05) is 111 Å². The highest BCUT2D eigenvalue weighted by Gasteiger charge is 2.56. The van der Waals surface area contributed by atoms with Gasteiger partial charge < -0.3 is 69.3 Å². The van der Waals surface area contributed by atoms with E-state index in [4.69, 9.17) is 23.5 Å². The number of methoxy groups -OCH3 is 4. The number of para-hydroxylation sites is 1. The Bertz CT molecular complexity index is 7720. The molecule has 42 heteroatoms. The minimum absolute atomic E-state index is 0.00886. The molecular formula is C104H87F6N19O17. The highest BCUT2D eigenvalue weighted by molar-refractivity contribution is 6.12. The van der Waals surface area contributed by atoms with E-state index in [0.717, 1.165) is 84.6 Å². The second-order valence-electron chi connectivity index (χ2n) is 35.7. The number of aryl methyl sites for hydroxylation is 3. The largest absolute Gasteiger partial charge is 0.497 e. The fraction of sp³-hybridized carbons (Fsp3) is 0.212. The molecule has 4 saturated heterocycles. The number of imide groups is 4. The molecule has 4 aromatic heterocycles. The Labute approximate surface area is 825 Å². The predicted molar refractivity (Wildman–Crippen MR) is 510 cm³/mol. The van der Waals surface area contributed by atoms with Gasteiger partial charge in [0, 0.05) is 83.4 Å². The van der Waals surface area contributed by atoms with Crippen LogP contribution in [0, 0.1) is 20.8 Å². The van der Waals surface area contributed by atoms with Crippen molar-refractivity contribution in [1.82, 2.24) is 96.8 Å². The number of halogens is 6. The van der Waals surface area contributed by atoms with Crippen molar-refractivity contribution in [3.05, 3.63) is 326 Å². The molecule has 0 unspecified atom stereocenters. The van der Waals surface area contributed by atoms with E-state index in [1.54, 1.807) is 121 Å². The molecule has 0 radical (unpaired) electrons. The van der Waals surface area contributed by atoms with Crippen LogP contribution in [0.25, 0.3) is 61.2 Å². The molecule has 9 N–H and O–H groups in total. The minimum Gasteiger partial charge on any atom is -0.497 e. The Kier molecular flexibility index (Phi) is 24.7. The molecule has 742 valence electrons. The number of nitrogens with one attached hydrogen (secondary N) is 9. The zero-order valence-electron chi connectivity index (χ0n) is 78.8. The second-order valence-corrected chi connectivity index (χ2v) is 35.7. The normalized spacial score (nSPS) is 19.0. The lowest BCUT2D eigenvalue weighted by Gasteiger charge is -2.31. The summed E-state index contributed by atoms with van der Waals surface area (Å²) in [6.07, 6.45) is -4.93. The van der Waals surface area contributed by atoms with Crippen LogP contribution in [-0.4, -0.2) is 180 Å². The van der Waals surface area contributed by atoms with E-state index >= 15 is 0 Å². The smallest absolute Gasteiger partial charge is 0.433 e. The first kappa shape index (κ1) is 96.6. The molecule has 0 aliphatic carbocycles. The monoisotopic (exact) mass is 1990 g/mol. The third kappa shape index (κ3) is 17.5. The molecule has 8 aliphatic heterocycles. The number of ether oxygens (including phenoxy) is 4. The van der Waals surface area contributed by atoms with Crippen LogP contribution in [0.3, 0.4) is 0 Å². The van der Waals surface area contributed by atoms with E-state index < -0.39 is 93.5 Å². The first-order valence-corrected chi connectivity index (χ1v) is 45.3. The van der Waals surface area contributed by atoms with Crippen LogP contribution in [0.1, 0.15) is 114 Å². The van der Waals surface area contributed by atoms with E-state index in [2.05, 4.69) is 67.9 Å². The molecule has 8 aliphatic rings. The van der Waals surface area contributed by atoms with Gasteiger partial charge in [0.1, 0.15) is 34.5 Å². The number of hydrogen-bond acceptors (Lipinski definition) is 21. The Balaban J connectivity index is 0.000000123. The van der Waals surface area contributed by atoms with Crippen molar-refractivity contribution in [2.45, 2.75) is 81.5 Å². The van der Waals surface area contributed by atoms with Crippen LogP contribution >= 0.6 is 0 Å². The van der Waals surface area contributed by atoms with Gasteiger partial charge in [0.05, 0.1) is 101 Å². The molecule has 14 aromatic rings. The van der Waals surface area contributed by atoms with Crippen molar-refractivity contribution in [2.75, 3.05) is 54.6 Å². The highest BCUT2D eigenvalue weighted by Crippen LogP contribution is 2.45. The van der Waals surface area contributed by atoms with Gasteiger partial charge in [-0.3, -0.25) is 64.3 Å². The first-order chi connectivity index (χ1) is 69.8. The standard InChI is InChI=1S/C29H25N5O4.C27H20F3N5O4.C24H20F3N5O4.C24H22N4O5/c1-18-25(15-30-34(18)22-6-4-3-5-7-22)19-8-11-21(12-9-19)29(27(36)31-28(37)32-29)17-33-16-20-10-13-23(38-2)14-24(20)26(33)35;1-39-18-7-4-15-11-35(23(36)20(15)10-18)12-26(24(37)33-25(38)34-26)16-5-2-14(3-6-16)19-8-17(27(28,29)30)9-21-22(19)32-13-31-21;1-31-19(24(25,26)27)18(10-28-31)13-3-6-15(7-4-13)23(21(34)29-22(35)30-23)12-32-11-14-5-8-16(36-2)9-17(14)20(32)33;1-13-20(14(2)33-27-13)15-4-7-17(8-5-15)24(22(30)25-23(31)26-24)12-28-11-16-6-9-18(32-3)10-19(16)21(28)29/h3-15H,16-17H2,1-2H3,(H2,31,32,36,37);2-10,13H,11-12H2,1H3,(H,31,32)(H2,33,34,37,38);3-10H,11-12H2,1-2H3,(H2,29,30,34,35);4-10H,11-12H2,1-3H3,(H2,25,26,30,31)/t29-;26-;23-;24-/m0010/s1. The number of aromatic nitrogens is 7. The molecule has 16 amide bonds. The molecular weight excluding hydrogens is 1900 g/mol. The Hall–Kier alpha value is -18.3. The van der Waals surface area contributed by atoms with Crippen LogP contribution in [-0.2, 0) is 86.9 Å². The highest BCUT2D eigenvalue weighted by atomic mass is 19.4. The molecule has 0 saturated carbocycles. The molecule has 22 rings (SSSR count). The van der Waals surface area contributed by atoms with E-state index in [0.29, 0.717) is 97.4 Å². The topological polar surface area (TPSA) is 441 Å². The van der Waals surface area contributed by atoms with Crippen LogP contribution in [0.4, 0.5) is 45.5 Å². The van der Waals surface area contributed by atoms with Gasteiger partial charge in [0.2, 0.25) is 0 Å². The summed E-state index contributed by atoms with van der Waals surface area (Å²) in [5.74, 6) is -0.509. The lowest BCUT2D eigenvalue weighted by atomic mass is 9.87. The summed E-state index contributed by atoms with van der Waals surface area (Å²) >= 11 is 0. The van der Waals surface area contributed by atoms with Crippen LogP contribution < -0.4 is 61.5 Å². The number of benzene rings is 10. The van der Waals surface area contributed by atoms with E-state index in [-0.39, 0.29) is 85.1 Å². The zero-order valence-corrected chi connectivity index (χ0v) is 78.8. The Morgan fingerprint density at radius 1 is 0.384 bits per heavy atom. The van der Waals surface area contributed by atoms with Crippen molar-refractivity contribution in [3.8, 4) is 73.2 Å². The molecule has 4 fully saturated rings. The number of carbonyl (C=O) groups is 12. The lowest BCUT2D eigenvalue weighted by molar-refractivity contribution is -0.143. The fourth-order valence-electron chi connectivity index (χ4n) is 19.7. The summed E-state index contributed by atoms with van der Waals surface area (Å²) in [5.41, 5.74) is 6.87. The fourth-order valence-corrected chi connectivity index (χ4v) is 19.7. The zero-order chi connectivity index (χ0) is 103. The molecule has 36 nitrogen and oxygen atoms in total. The third-order valence-corrected chi connectivity index (χ3v) is 27.1. The second kappa shape index (κ2) is 37.3. The van der Waals surface area contributed by atoms with Gasteiger partial charge in [-0.15, -0.1) is 0 Å². The molecule has 4 atom stereocenters. The van der Waals surface area contributed by atoms with Crippen molar-refractivity contribution >= 4 is 82.4 Å². The molecule has 146 heavy (non-hydrogen) atoms. The first-order valence-electron chi connectivity index (χ1n) is 45.3. The van der Waals surface area contributed by atoms with Crippen LogP contribution in [0.2, 0.25) is 0 Å². The van der Waals surface area contributed by atoms with E-state index in [9.17, 15) is 83.9 Å². The van der Waals surface area contributed by atoms with Crippen molar-refractivity contribution in [2.24, 2.45) is 7.05 Å². The summed E-state index contributed by atoms with van der Waals surface area (Å²) < 4.78 is 110. The number of nitrogens with zero attached hydrogens (tertiary/aromatic N) is 10. The van der Waals surface area contributed by atoms with Gasteiger partial charge in [0.15, 0.2) is 22.2 Å². The number of carbonyl (C=O) groups excluding carboxylic acids is 12. The maximum atomic E-state index is 13.5. The number of imidazole rings is 1. The maximum absolute atomic E-state index is 13.5. The molecule has 10 aromatic carbocycles. The minimum atomic E-state index is -4.62. The van der Waals surface area contributed by atoms with Gasteiger partial charge in [0.25, 0.3) is 47.3 Å². The quantitative estimate of drug-likeness (QED) is 0.0238. The Morgan fingerprint density at radius 2 is 0.726 bits per heavy atom. The number of fused-ring (bicyclic) bond motifs is 5. The third-order valence-electron chi connectivity index (χ3n) is 27.1. The number of amides is 16. The van der Waals surface area contributed by atoms with Gasteiger partial charge >= 0.3 is 36.5 Å². The van der Waals surface area contributed by atoms with Crippen molar-refractivity contribution < 1.29 is 107 Å². The summed E-state index contributed by atoms with van der Waals surface area (Å²) in [7, 11) is 7.27. The summed E-state index contributed by atoms with van der Waals surface area (Å²) in [4.78, 5) is 167. The number of hydrogen-bond donors (Lipinski definition) is 9. The van der Waals surface area contributed by atoms with Crippen LogP contribution in [0.15, 0.2) is 236 Å². The molecule has 12 heterocycles. The number of alkyl halides is 6. The van der Waals surface area contributed by atoms with Crippen molar-refractivity contribution in [3.63, 3.8) is 0 Å². The van der Waals surface area contributed by atoms with Crippen molar-refractivity contribution in [1.29, 1.82) is 0 Å². The van der Waals surface area contributed by atoms with Gasteiger partial charge in [-0.1, -0.05) is 145 Å². The predicted octanol–water partition coefficient (Wildman–Crippen LogP) is 13.0. The number of aromatic amines is 1. The SMILES string of the molecule is COc1ccc2c(c1)C(=O)N(C[C@@]1(c3ccc(-c4c(C)noc4C)cc3)NC(=O)NC1=O)C2.COc1ccc2c(c1)C(=O)N(C[C@@]1(c3ccc(-c4cc(C(F)(F)F)cc5[nH]cnc45)cc3)NC(=O)NC1=O)C2.COc1ccc2c(c1)C(=O)N(C[C@@]1(c3ccc(-c4cnn(-c5ccccc5)c4C)cc3)NC(=O)NC1=O)C2.COc1ccc2c(c1)C(=O)N(C[C@]1(c3ccc(-c4cnn(C)c4C(F)(F)F)cc3)NC(=O)NC1=O)C2. The molecule has 0 bridgehead atoms. The van der Waals surface area contributed by atoms with Gasteiger partial charge in [-0.25, -0.2) is 28.8 Å². The maximum Gasteiger partial charge on any atom is 0.433 e.